The van der Waals surface area contributed by atoms with E-state index in [1.54, 1.807) is 0 Å². The number of anilines is 2. The van der Waals surface area contributed by atoms with E-state index in [0.29, 0.717) is 5.95 Å². The summed E-state index contributed by atoms with van der Waals surface area (Å²) in [5.74, 6) is 1.59. The fraction of sp³-hybridized carbons (Fsp3) is 0.438. The zero-order valence-corrected chi connectivity index (χ0v) is 12.8. The van der Waals surface area contributed by atoms with Gasteiger partial charge in [0, 0.05) is 6.42 Å². The number of rotatable bonds is 3. The lowest BCUT2D eigenvalue weighted by Crippen LogP contribution is -2.14. The van der Waals surface area contributed by atoms with Gasteiger partial charge in [-0.05, 0) is 48.9 Å². The smallest absolute Gasteiger partial charge is 0.228 e. The second-order valence-corrected chi connectivity index (χ2v) is 5.60. The van der Waals surface area contributed by atoms with Crippen molar-refractivity contribution in [2.24, 2.45) is 0 Å². The van der Waals surface area contributed by atoms with Crippen LogP contribution in [0.25, 0.3) is 0 Å². The lowest BCUT2D eigenvalue weighted by molar-refractivity contribution is 0.742. The van der Waals surface area contributed by atoms with Gasteiger partial charge < -0.3 is 11.1 Å². The molecule has 1 aromatic carbocycles. The van der Waals surface area contributed by atoms with Gasteiger partial charge in [0.15, 0.2) is 0 Å². The minimum absolute atomic E-state index is 0.256. The Balaban J connectivity index is 1.92. The summed E-state index contributed by atoms with van der Waals surface area (Å²) in [6.45, 7) is 6.35. The minimum atomic E-state index is 0.256. The molecule has 2 aromatic rings. The van der Waals surface area contributed by atoms with Crippen molar-refractivity contribution in [1.82, 2.24) is 15.0 Å². The summed E-state index contributed by atoms with van der Waals surface area (Å²) < 4.78 is 0. The van der Waals surface area contributed by atoms with E-state index in [1.807, 2.05) is 6.92 Å². The summed E-state index contributed by atoms with van der Waals surface area (Å²) in [6, 6.07) is 4.69. The van der Waals surface area contributed by atoms with Gasteiger partial charge in [0.05, 0.1) is 6.04 Å². The first-order valence-corrected chi connectivity index (χ1v) is 7.44. The number of aromatic nitrogens is 3. The zero-order chi connectivity index (χ0) is 15.0. The number of hydrogen-bond donors (Lipinski definition) is 2. The SMILES string of the molecule is CCc1nc(N)nc(N[C@@H]2CCc3ccc(C)c(C)c32)n1. The second kappa shape index (κ2) is 5.31. The van der Waals surface area contributed by atoms with Gasteiger partial charge >= 0.3 is 0 Å². The normalized spacial score (nSPS) is 16.8. The van der Waals surface area contributed by atoms with Crippen molar-refractivity contribution >= 4 is 11.9 Å². The molecule has 0 radical (unpaired) electrons. The summed E-state index contributed by atoms with van der Waals surface area (Å²) in [6.07, 6.45) is 2.91. The van der Waals surface area contributed by atoms with Crippen LogP contribution in [0.3, 0.4) is 0 Å². The molecule has 5 heteroatoms. The molecule has 0 bridgehead atoms. The molecule has 1 aromatic heterocycles. The van der Waals surface area contributed by atoms with Gasteiger partial charge in [-0.25, -0.2) is 0 Å². The first-order chi connectivity index (χ1) is 10.1. The quantitative estimate of drug-likeness (QED) is 0.905. The highest BCUT2D eigenvalue weighted by molar-refractivity contribution is 5.48. The van der Waals surface area contributed by atoms with Crippen LogP contribution in [0.15, 0.2) is 12.1 Å². The van der Waals surface area contributed by atoms with E-state index >= 15 is 0 Å². The van der Waals surface area contributed by atoms with Crippen molar-refractivity contribution in [2.75, 3.05) is 11.1 Å². The zero-order valence-electron chi connectivity index (χ0n) is 12.8. The Hall–Kier alpha value is -2.17. The number of aryl methyl sites for hydroxylation is 3. The average molecular weight is 283 g/mol. The van der Waals surface area contributed by atoms with E-state index in [2.05, 4.69) is 46.2 Å². The van der Waals surface area contributed by atoms with Crippen molar-refractivity contribution in [3.8, 4) is 0 Å². The highest BCUT2D eigenvalue weighted by Gasteiger charge is 2.25. The van der Waals surface area contributed by atoms with E-state index in [-0.39, 0.29) is 12.0 Å². The fourth-order valence-corrected chi connectivity index (χ4v) is 3.00. The third-order valence-electron chi connectivity index (χ3n) is 4.25. The third-order valence-corrected chi connectivity index (χ3v) is 4.25. The molecule has 0 amide bonds. The molecule has 5 nitrogen and oxygen atoms in total. The van der Waals surface area contributed by atoms with Crippen molar-refractivity contribution < 1.29 is 0 Å². The number of nitrogens with one attached hydrogen (secondary N) is 1. The maximum atomic E-state index is 5.76. The van der Waals surface area contributed by atoms with Crippen LogP contribution in [0.4, 0.5) is 11.9 Å². The Morgan fingerprint density at radius 2 is 2.05 bits per heavy atom. The molecular formula is C16H21N5. The Kier molecular flexibility index (Phi) is 3.49. The van der Waals surface area contributed by atoms with Gasteiger partial charge in [-0.3, -0.25) is 0 Å². The van der Waals surface area contributed by atoms with Crippen LogP contribution < -0.4 is 11.1 Å². The van der Waals surface area contributed by atoms with Gasteiger partial charge in [-0.15, -0.1) is 0 Å². The molecule has 3 rings (SSSR count). The molecule has 110 valence electrons. The first kappa shape index (κ1) is 13.8. The predicted octanol–water partition coefficient (Wildman–Crippen LogP) is 2.73. The minimum Gasteiger partial charge on any atom is -0.368 e. The number of nitrogens with zero attached hydrogens (tertiary/aromatic N) is 3. The van der Waals surface area contributed by atoms with Gasteiger partial charge in [-0.1, -0.05) is 19.1 Å². The monoisotopic (exact) mass is 283 g/mol. The van der Waals surface area contributed by atoms with Crippen LogP contribution in [-0.2, 0) is 12.8 Å². The van der Waals surface area contributed by atoms with Crippen LogP contribution in [-0.4, -0.2) is 15.0 Å². The van der Waals surface area contributed by atoms with Gasteiger partial charge in [0.2, 0.25) is 11.9 Å². The lowest BCUT2D eigenvalue weighted by Gasteiger charge is -2.17. The van der Waals surface area contributed by atoms with Gasteiger partial charge in [-0.2, -0.15) is 15.0 Å². The van der Waals surface area contributed by atoms with Crippen LogP contribution in [0.1, 0.15) is 47.5 Å². The fourth-order valence-electron chi connectivity index (χ4n) is 3.00. The lowest BCUT2D eigenvalue weighted by atomic mass is 9.98. The second-order valence-electron chi connectivity index (χ2n) is 5.60. The molecule has 0 saturated carbocycles. The van der Waals surface area contributed by atoms with Crippen molar-refractivity contribution in [3.05, 3.63) is 40.2 Å². The molecule has 21 heavy (non-hydrogen) atoms. The van der Waals surface area contributed by atoms with Crippen LogP contribution >= 0.6 is 0 Å². The number of nitrogen functional groups attached to an aromatic ring is 1. The topological polar surface area (TPSA) is 76.7 Å². The molecule has 3 N–H and O–H groups in total. The summed E-state index contributed by atoms with van der Waals surface area (Å²) in [5.41, 5.74) is 11.3. The number of nitrogens with two attached hydrogens (primary N) is 1. The van der Waals surface area contributed by atoms with Crippen LogP contribution in [0.5, 0.6) is 0 Å². The van der Waals surface area contributed by atoms with E-state index in [9.17, 15) is 0 Å². The maximum absolute atomic E-state index is 5.76. The Bertz CT molecular complexity index is 681. The molecule has 1 atom stereocenters. The molecule has 0 saturated heterocycles. The van der Waals surface area contributed by atoms with Gasteiger partial charge in [0.25, 0.3) is 0 Å². The molecule has 0 fully saturated rings. The molecule has 1 heterocycles. The average Bonchev–Trinajstić information content (AvgIpc) is 2.86. The van der Waals surface area contributed by atoms with E-state index in [4.69, 9.17) is 5.73 Å². The van der Waals surface area contributed by atoms with E-state index in [0.717, 1.165) is 25.1 Å². The van der Waals surface area contributed by atoms with Gasteiger partial charge in [0.1, 0.15) is 5.82 Å². The molecule has 0 aliphatic heterocycles. The highest BCUT2D eigenvalue weighted by atomic mass is 15.2. The Morgan fingerprint density at radius 1 is 1.24 bits per heavy atom. The number of hydrogen-bond acceptors (Lipinski definition) is 5. The summed E-state index contributed by atoms with van der Waals surface area (Å²) in [4.78, 5) is 12.8. The van der Waals surface area contributed by atoms with Crippen LogP contribution in [0, 0.1) is 13.8 Å². The van der Waals surface area contributed by atoms with E-state index < -0.39 is 0 Å². The summed E-state index contributed by atoms with van der Waals surface area (Å²) in [5, 5.41) is 3.44. The van der Waals surface area contributed by atoms with E-state index in [1.165, 1.54) is 22.3 Å². The molecule has 0 spiro atoms. The molecule has 1 aliphatic carbocycles. The number of benzene rings is 1. The Morgan fingerprint density at radius 3 is 2.81 bits per heavy atom. The molecule has 1 aliphatic rings. The summed E-state index contributed by atoms with van der Waals surface area (Å²) >= 11 is 0. The first-order valence-electron chi connectivity index (χ1n) is 7.44. The van der Waals surface area contributed by atoms with Crippen LogP contribution in [0.2, 0.25) is 0 Å². The third kappa shape index (κ3) is 2.55. The van der Waals surface area contributed by atoms with Crippen molar-refractivity contribution in [3.63, 3.8) is 0 Å². The highest BCUT2D eigenvalue weighted by Crippen LogP contribution is 2.36. The summed E-state index contributed by atoms with van der Waals surface area (Å²) in [7, 11) is 0. The van der Waals surface area contributed by atoms with Crippen molar-refractivity contribution in [1.29, 1.82) is 0 Å². The Labute approximate surface area is 125 Å². The largest absolute Gasteiger partial charge is 0.368 e. The maximum Gasteiger partial charge on any atom is 0.228 e. The molecular weight excluding hydrogens is 262 g/mol. The number of fused-ring (bicyclic) bond motifs is 1. The van der Waals surface area contributed by atoms with Crippen molar-refractivity contribution in [2.45, 2.75) is 46.1 Å². The standard InChI is InChI=1S/C16H21N5/c1-4-13-19-15(17)21-16(20-13)18-12-8-7-11-6-5-9(2)10(3)14(11)12/h5-6,12H,4,7-8H2,1-3H3,(H3,17,18,19,20,21)/t12-/m1/s1. The predicted molar refractivity (Wildman–Crippen MR) is 84.2 cm³/mol. The molecule has 0 unspecified atom stereocenters.